The number of aromatic nitrogens is 2. The van der Waals surface area contributed by atoms with Gasteiger partial charge in [-0.2, -0.15) is 0 Å². The average molecular weight is 423 g/mol. The van der Waals surface area contributed by atoms with Crippen molar-refractivity contribution in [1.82, 2.24) is 14.3 Å². The number of amides is 1. The summed E-state index contributed by atoms with van der Waals surface area (Å²) >= 11 is 1.30. The van der Waals surface area contributed by atoms with E-state index in [1.54, 1.807) is 20.8 Å². The van der Waals surface area contributed by atoms with Gasteiger partial charge >= 0.3 is 0 Å². The second-order valence-corrected chi connectivity index (χ2v) is 11.2. The summed E-state index contributed by atoms with van der Waals surface area (Å²) in [6.45, 7) is 5.06. The van der Waals surface area contributed by atoms with E-state index in [-0.39, 0.29) is 17.9 Å². The number of sulfonamides is 1. The van der Waals surface area contributed by atoms with Crippen LogP contribution in [0.1, 0.15) is 46.5 Å². The van der Waals surface area contributed by atoms with Crippen molar-refractivity contribution in [1.29, 1.82) is 0 Å². The van der Waals surface area contributed by atoms with E-state index in [0.717, 1.165) is 16.9 Å². The van der Waals surface area contributed by atoms with Gasteiger partial charge in [0.15, 0.2) is 0 Å². The van der Waals surface area contributed by atoms with Gasteiger partial charge in [0.1, 0.15) is 5.69 Å². The van der Waals surface area contributed by atoms with Crippen LogP contribution in [0.15, 0.2) is 29.6 Å². The van der Waals surface area contributed by atoms with Crippen LogP contribution in [0.25, 0.3) is 11.3 Å². The van der Waals surface area contributed by atoms with Crippen LogP contribution < -0.4 is 10.0 Å². The van der Waals surface area contributed by atoms with E-state index in [4.69, 9.17) is 0 Å². The van der Waals surface area contributed by atoms with Crippen LogP contribution in [-0.2, 0) is 14.8 Å². The molecule has 1 fully saturated rings. The predicted molar refractivity (Wildman–Crippen MR) is 112 cm³/mol. The quantitative estimate of drug-likeness (QED) is 0.769. The number of carbonyl (C=O) groups excluding carboxylic acids is 1. The molecule has 152 valence electrons. The maximum atomic E-state index is 12.6. The molecule has 1 aliphatic rings. The summed E-state index contributed by atoms with van der Waals surface area (Å²) in [6.07, 6.45) is 2.68. The van der Waals surface area contributed by atoms with Gasteiger partial charge < -0.3 is 5.32 Å². The predicted octanol–water partition coefficient (Wildman–Crippen LogP) is 3.42. The average Bonchev–Trinajstić information content (AvgIpc) is 3.16. The highest BCUT2D eigenvalue weighted by molar-refractivity contribution is 7.90. The van der Waals surface area contributed by atoms with E-state index in [2.05, 4.69) is 19.6 Å². The minimum absolute atomic E-state index is 0.0137. The molecule has 1 aliphatic carbocycles. The number of benzene rings is 1. The zero-order chi connectivity index (χ0) is 20.4. The van der Waals surface area contributed by atoms with Crippen molar-refractivity contribution in [2.45, 2.75) is 57.2 Å². The van der Waals surface area contributed by atoms with Crippen LogP contribution in [-0.4, -0.2) is 34.7 Å². The zero-order valence-corrected chi connectivity index (χ0v) is 17.9. The first-order valence-electron chi connectivity index (χ1n) is 9.36. The van der Waals surface area contributed by atoms with Crippen molar-refractivity contribution < 1.29 is 13.2 Å². The monoisotopic (exact) mass is 422 g/mol. The molecule has 0 aliphatic heterocycles. The maximum Gasteiger partial charge on any atom is 0.227 e. The molecule has 0 unspecified atom stereocenters. The lowest BCUT2D eigenvalue weighted by atomic mass is 9.86. The Morgan fingerprint density at radius 2 is 1.75 bits per heavy atom. The Balaban J connectivity index is 1.51. The molecule has 2 N–H and O–H groups in total. The molecule has 1 aromatic heterocycles. The van der Waals surface area contributed by atoms with Crippen molar-refractivity contribution in [2.24, 2.45) is 5.92 Å². The zero-order valence-electron chi connectivity index (χ0n) is 16.3. The van der Waals surface area contributed by atoms with E-state index in [1.807, 2.05) is 29.6 Å². The Labute approximate surface area is 170 Å². The number of nitrogens with zero attached hydrogens (tertiary/aromatic N) is 2. The highest BCUT2D eigenvalue weighted by Gasteiger charge is 2.34. The Morgan fingerprint density at radius 1 is 1.11 bits per heavy atom. The van der Waals surface area contributed by atoms with Crippen LogP contribution in [0.4, 0.5) is 5.69 Å². The Bertz CT molecular complexity index is 896. The van der Waals surface area contributed by atoms with Gasteiger partial charge in [0.05, 0.1) is 4.75 Å². The Morgan fingerprint density at radius 3 is 2.29 bits per heavy atom. The maximum absolute atomic E-state index is 12.6. The van der Waals surface area contributed by atoms with Crippen molar-refractivity contribution in [3.8, 4) is 11.3 Å². The fourth-order valence-electron chi connectivity index (χ4n) is 3.13. The summed E-state index contributed by atoms with van der Waals surface area (Å²) in [6, 6.07) is 7.43. The molecule has 0 bridgehead atoms. The third kappa shape index (κ3) is 4.95. The largest absolute Gasteiger partial charge is 0.326 e. The molecule has 0 spiro atoms. The molecular formula is C19H26N4O3S2. The van der Waals surface area contributed by atoms with Crippen LogP contribution in [0.3, 0.4) is 0 Å². The van der Waals surface area contributed by atoms with Crippen molar-refractivity contribution in [3.63, 3.8) is 0 Å². The Kier molecular flexibility index (Phi) is 6.16. The van der Waals surface area contributed by atoms with Gasteiger partial charge in [0.25, 0.3) is 0 Å². The van der Waals surface area contributed by atoms with Gasteiger partial charge in [-0.15, -0.1) is 5.10 Å². The number of carbonyl (C=O) groups is 1. The summed E-state index contributed by atoms with van der Waals surface area (Å²) in [5.74, 6) is -0.113. The molecule has 28 heavy (non-hydrogen) atoms. The van der Waals surface area contributed by atoms with Gasteiger partial charge in [0.2, 0.25) is 15.9 Å². The highest BCUT2D eigenvalue weighted by atomic mass is 32.2. The summed E-state index contributed by atoms with van der Waals surface area (Å²) in [5, 5.41) is 8.87. The molecule has 3 rings (SSSR count). The third-order valence-electron chi connectivity index (χ3n) is 5.03. The van der Waals surface area contributed by atoms with Gasteiger partial charge in [0, 0.05) is 28.6 Å². The van der Waals surface area contributed by atoms with Crippen molar-refractivity contribution >= 4 is 33.2 Å². The van der Waals surface area contributed by atoms with E-state index in [9.17, 15) is 13.2 Å². The van der Waals surface area contributed by atoms with E-state index >= 15 is 0 Å². The number of anilines is 1. The third-order valence-corrected chi connectivity index (χ3v) is 7.79. The molecule has 0 radical (unpaired) electrons. The molecule has 7 nitrogen and oxygen atoms in total. The number of nitrogens with one attached hydrogen (secondary N) is 2. The minimum Gasteiger partial charge on any atom is -0.326 e. The molecule has 1 aromatic carbocycles. The molecule has 0 saturated heterocycles. The molecule has 0 atom stereocenters. The molecule has 9 heteroatoms. The topological polar surface area (TPSA) is 101 Å². The smallest absolute Gasteiger partial charge is 0.227 e. The first-order valence-corrected chi connectivity index (χ1v) is 11.7. The lowest BCUT2D eigenvalue weighted by Gasteiger charge is -2.30. The summed E-state index contributed by atoms with van der Waals surface area (Å²) < 4.78 is 30.4. The normalized spacial score (nSPS) is 20.7. The van der Waals surface area contributed by atoms with E-state index in [0.29, 0.717) is 25.7 Å². The summed E-state index contributed by atoms with van der Waals surface area (Å²) in [4.78, 5) is 12.6. The number of rotatable bonds is 5. The lowest BCUT2D eigenvalue weighted by Crippen LogP contribution is -2.46. The van der Waals surface area contributed by atoms with Gasteiger partial charge in [-0.05, 0) is 70.1 Å². The van der Waals surface area contributed by atoms with Crippen molar-refractivity contribution in [2.75, 3.05) is 5.32 Å². The van der Waals surface area contributed by atoms with Crippen molar-refractivity contribution in [3.05, 3.63) is 29.6 Å². The van der Waals surface area contributed by atoms with Crippen LogP contribution in [0.2, 0.25) is 0 Å². The summed E-state index contributed by atoms with van der Waals surface area (Å²) in [7, 11) is -3.37. The van der Waals surface area contributed by atoms with Crippen LogP contribution in [0.5, 0.6) is 0 Å². The van der Waals surface area contributed by atoms with Crippen LogP contribution >= 0.6 is 11.5 Å². The summed E-state index contributed by atoms with van der Waals surface area (Å²) in [5.41, 5.74) is 2.52. The standard InChI is InChI=1S/C19H26N4O3S2/c1-19(2,3)28(25,26)22-16-10-6-14(7-11-16)18(24)20-15-8-4-13(5-9-15)17-12-27-23-21-17/h4-5,8-9,12,14,16,22H,6-7,10-11H2,1-3H3,(H,20,24)/t14-,16-. The fraction of sp³-hybridized carbons (Fsp3) is 0.526. The van der Waals surface area contributed by atoms with Gasteiger partial charge in [-0.25, -0.2) is 13.1 Å². The number of hydrogen-bond acceptors (Lipinski definition) is 6. The lowest BCUT2D eigenvalue weighted by molar-refractivity contribution is -0.120. The molecule has 1 saturated carbocycles. The molecular weight excluding hydrogens is 396 g/mol. The molecule has 2 aromatic rings. The van der Waals surface area contributed by atoms with E-state index in [1.165, 1.54) is 11.5 Å². The van der Waals surface area contributed by atoms with Crippen LogP contribution in [0, 0.1) is 5.92 Å². The second-order valence-electron chi connectivity index (χ2n) is 8.14. The first kappa shape index (κ1) is 20.9. The van der Waals surface area contributed by atoms with Gasteiger partial charge in [-0.3, -0.25) is 4.79 Å². The number of hydrogen-bond donors (Lipinski definition) is 2. The minimum atomic E-state index is -3.37. The fourth-order valence-corrected chi connectivity index (χ4v) is 4.62. The highest BCUT2D eigenvalue weighted by Crippen LogP contribution is 2.28. The Hall–Kier alpha value is -1.84. The molecule has 1 amide bonds. The first-order chi connectivity index (χ1) is 13.2. The second kappa shape index (κ2) is 8.26. The molecule has 1 heterocycles. The SMILES string of the molecule is CC(C)(C)S(=O)(=O)N[C@H]1CC[C@H](C(=O)Nc2ccc(-c3csnn3)cc2)CC1. The van der Waals surface area contributed by atoms with Gasteiger partial charge in [-0.1, -0.05) is 16.6 Å². The van der Waals surface area contributed by atoms with E-state index < -0.39 is 14.8 Å².